The molecule has 2 rings (SSSR count). The molecule has 29 heavy (non-hydrogen) atoms. The number of hydrogen-bond donors (Lipinski definition) is 3. The number of rotatable bonds is 6. The van der Waals surface area contributed by atoms with E-state index in [-0.39, 0.29) is 30.0 Å². The number of carbonyl (C=O) groups is 2. The van der Waals surface area contributed by atoms with Crippen molar-refractivity contribution in [3.63, 3.8) is 0 Å². The van der Waals surface area contributed by atoms with Crippen molar-refractivity contribution in [2.45, 2.75) is 38.8 Å². The molecule has 0 unspecified atom stereocenters. The molecule has 0 fully saturated rings. The summed E-state index contributed by atoms with van der Waals surface area (Å²) in [4.78, 5) is 24.0. The molecule has 0 aliphatic carbocycles. The summed E-state index contributed by atoms with van der Waals surface area (Å²) in [5.41, 5.74) is 5.61. The van der Waals surface area contributed by atoms with E-state index in [9.17, 15) is 22.8 Å². The fourth-order valence-corrected chi connectivity index (χ4v) is 2.49. The van der Waals surface area contributed by atoms with Crippen molar-refractivity contribution in [3.05, 3.63) is 65.2 Å². The number of anilines is 1. The van der Waals surface area contributed by atoms with Gasteiger partial charge in [-0.25, -0.2) is 0 Å². The average molecular weight is 407 g/mol. The second kappa shape index (κ2) is 8.98. The Morgan fingerprint density at radius 3 is 2.17 bits per heavy atom. The minimum atomic E-state index is -4.46. The minimum absolute atomic E-state index is 0.0142. The van der Waals surface area contributed by atoms with Gasteiger partial charge >= 0.3 is 6.18 Å². The molecular weight excluding hydrogens is 383 g/mol. The standard InChI is InChI=1S/C21H24F3N3O2/c1-20(2,3)15-9-7-14(8-10-15)19(29)25-12-11-18(28)27-26-17-6-4-5-16(13-17)21(22,23)24/h4-10,13,26H,11-12H2,1-3H3,(H,25,29)(H,27,28). The van der Waals surface area contributed by atoms with Crippen molar-refractivity contribution in [1.29, 1.82) is 0 Å². The molecule has 0 atom stereocenters. The van der Waals surface area contributed by atoms with E-state index in [0.717, 1.165) is 17.7 Å². The third-order valence-corrected chi connectivity index (χ3v) is 4.19. The smallest absolute Gasteiger partial charge is 0.352 e. The zero-order chi connectivity index (χ0) is 21.7. The first-order chi connectivity index (χ1) is 13.5. The van der Waals surface area contributed by atoms with Crippen LogP contribution in [-0.4, -0.2) is 18.4 Å². The third-order valence-electron chi connectivity index (χ3n) is 4.19. The zero-order valence-corrected chi connectivity index (χ0v) is 16.5. The topological polar surface area (TPSA) is 70.2 Å². The van der Waals surface area contributed by atoms with Gasteiger partial charge in [-0.05, 0) is 41.3 Å². The van der Waals surface area contributed by atoms with E-state index in [1.54, 1.807) is 12.1 Å². The van der Waals surface area contributed by atoms with Gasteiger partial charge in [0.25, 0.3) is 5.91 Å². The Morgan fingerprint density at radius 1 is 0.931 bits per heavy atom. The number of hydrogen-bond acceptors (Lipinski definition) is 3. The summed E-state index contributed by atoms with van der Waals surface area (Å²) in [6.07, 6.45) is -4.49. The lowest BCUT2D eigenvalue weighted by molar-refractivity contribution is -0.137. The first-order valence-corrected chi connectivity index (χ1v) is 9.08. The lowest BCUT2D eigenvalue weighted by atomic mass is 9.87. The van der Waals surface area contributed by atoms with Gasteiger partial charge in [-0.1, -0.05) is 39.0 Å². The summed E-state index contributed by atoms with van der Waals surface area (Å²) in [7, 11) is 0. The molecule has 0 spiro atoms. The van der Waals surface area contributed by atoms with Gasteiger partial charge in [-0.15, -0.1) is 0 Å². The monoisotopic (exact) mass is 407 g/mol. The van der Waals surface area contributed by atoms with Gasteiger partial charge in [0.1, 0.15) is 0 Å². The molecule has 156 valence electrons. The van der Waals surface area contributed by atoms with Gasteiger partial charge in [0.2, 0.25) is 5.91 Å². The average Bonchev–Trinajstić information content (AvgIpc) is 2.65. The Balaban J connectivity index is 1.78. The van der Waals surface area contributed by atoms with E-state index >= 15 is 0 Å². The van der Waals surface area contributed by atoms with Crippen molar-refractivity contribution < 1.29 is 22.8 Å². The van der Waals surface area contributed by atoms with E-state index in [1.165, 1.54) is 12.1 Å². The SMILES string of the molecule is CC(C)(C)c1ccc(C(=O)NCCC(=O)NNc2cccc(C(F)(F)F)c2)cc1. The quantitative estimate of drug-likeness (QED) is 0.627. The zero-order valence-electron chi connectivity index (χ0n) is 16.5. The third kappa shape index (κ3) is 6.81. The highest BCUT2D eigenvalue weighted by molar-refractivity contribution is 5.94. The molecule has 0 heterocycles. The molecule has 3 N–H and O–H groups in total. The first kappa shape index (κ1) is 22.3. The van der Waals surface area contributed by atoms with Crippen molar-refractivity contribution in [1.82, 2.24) is 10.7 Å². The van der Waals surface area contributed by atoms with Gasteiger partial charge < -0.3 is 5.32 Å². The molecule has 0 bridgehead atoms. The van der Waals surface area contributed by atoms with Crippen LogP contribution in [0.4, 0.5) is 18.9 Å². The maximum atomic E-state index is 12.7. The Hall–Kier alpha value is -3.03. The Labute approximate surface area is 167 Å². The molecule has 5 nitrogen and oxygen atoms in total. The molecule has 0 aliphatic heterocycles. The molecule has 0 saturated carbocycles. The number of alkyl halides is 3. The first-order valence-electron chi connectivity index (χ1n) is 9.08. The fourth-order valence-electron chi connectivity index (χ4n) is 2.49. The van der Waals surface area contributed by atoms with E-state index in [1.807, 2.05) is 12.1 Å². The van der Waals surface area contributed by atoms with Crippen LogP contribution in [0.2, 0.25) is 0 Å². The van der Waals surface area contributed by atoms with Crippen molar-refractivity contribution >= 4 is 17.5 Å². The highest BCUT2D eigenvalue weighted by atomic mass is 19.4. The van der Waals surface area contributed by atoms with Gasteiger partial charge in [-0.2, -0.15) is 13.2 Å². The Kier molecular flexibility index (Phi) is 6.89. The highest BCUT2D eigenvalue weighted by Crippen LogP contribution is 2.30. The maximum Gasteiger partial charge on any atom is 0.416 e. The molecule has 0 aromatic heterocycles. The molecule has 0 saturated heterocycles. The lowest BCUT2D eigenvalue weighted by Gasteiger charge is -2.19. The summed E-state index contributed by atoms with van der Waals surface area (Å²) in [5.74, 6) is -0.769. The molecule has 8 heteroatoms. The van der Waals surface area contributed by atoms with Crippen LogP contribution in [0, 0.1) is 0 Å². The number of hydrazine groups is 1. The number of halogens is 3. The summed E-state index contributed by atoms with van der Waals surface area (Å²) in [6, 6.07) is 11.7. The van der Waals surface area contributed by atoms with Gasteiger partial charge in [0.15, 0.2) is 0 Å². The summed E-state index contributed by atoms with van der Waals surface area (Å²) in [5, 5.41) is 2.64. The largest absolute Gasteiger partial charge is 0.416 e. The number of amides is 2. The molecule has 2 aromatic carbocycles. The molecule has 0 radical (unpaired) electrons. The van der Waals surface area contributed by atoms with Crippen LogP contribution in [-0.2, 0) is 16.4 Å². The fraction of sp³-hybridized carbons (Fsp3) is 0.333. The van der Waals surface area contributed by atoms with Crippen LogP contribution >= 0.6 is 0 Å². The molecule has 2 amide bonds. The predicted molar refractivity (Wildman–Crippen MR) is 105 cm³/mol. The summed E-state index contributed by atoms with van der Waals surface area (Å²) in [6.45, 7) is 6.33. The highest BCUT2D eigenvalue weighted by Gasteiger charge is 2.30. The van der Waals surface area contributed by atoms with Crippen LogP contribution in [0.1, 0.15) is 48.7 Å². The van der Waals surface area contributed by atoms with Crippen LogP contribution in [0.25, 0.3) is 0 Å². The second-order valence-electron chi connectivity index (χ2n) is 7.58. The lowest BCUT2D eigenvalue weighted by Crippen LogP contribution is -2.33. The predicted octanol–water partition coefficient (Wildman–Crippen LogP) is 4.27. The van der Waals surface area contributed by atoms with Crippen LogP contribution in [0.3, 0.4) is 0 Å². The minimum Gasteiger partial charge on any atom is -0.352 e. The van der Waals surface area contributed by atoms with Gasteiger partial charge in [0, 0.05) is 18.5 Å². The van der Waals surface area contributed by atoms with Crippen LogP contribution in [0.5, 0.6) is 0 Å². The Bertz CT molecular complexity index is 857. The van der Waals surface area contributed by atoms with E-state index in [4.69, 9.17) is 0 Å². The van der Waals surface area contributed by atoms with E-state index < -0.39 is 17.6 Å². The van der Waals surface area contributed by atoms with Gasteiger partial charge in [-0.3, -0.25) is 20.4 Å². The normalized spacial score (nSPS) is 11.7. The van der Waals surface area contributed by atoms with E-state index in [0.29, 0.717) is 5.56 Å². The van der Waals surface area contributed by atoms with Crippen molar-refractivity contribution in [2.24, 2.45) is 0 Å². The number of carbonyl (C=O) groups excluding carboxylic acids is 2. The summed E-state index contributed by atoms with van der Waals surface area (Å²) < 4.78 is 38.0. The number of nitrogens with one attached hydrogen (secondary N) is 3. The molecular formula is C21H24F3N3O2. The van der Waals surface area contributed by atoms with Crippen LogP contribution in [0.15, 0.2) is 48.5 Å². The van der Waals surface area contributed by atoms with Gasteiger partial charge in [0.05, 0.1) is 11.3 Å². The Morgan fingerprint density at radius 2 is 1.59 bits per heavy atom. The van der Waals surface area contributed by atoms with Crippen molar-refractivity contribution in [3.8, 4) is 0 Å². The second-order valence-corrected chi connectivity index (χ2v) is 7.58. The maximum absolute atomic E-state index is 12.7. The van der Waals surface area contributed by atoms with E-state index in [2.05, 4.69) is 36.9 Å². The number of benzene rings is 2. The summed E-state index contributed by atoms with van der Waals surface area (Å²) >= 11 is 0. The van der Waals surface area contributed by atoms with Crippen molar-refractivity contribution in [2.75, 3.05) is 12.0 Å². The molecule has 2 aromatic rings. The van der Waals surface area contributed by atoms with Crippen LogP contribution < -0.4 is 16.2 Å². The molecule has 0 aliphatic rings.